The van der Waals surface area contributed by atoms with Gasteiger partial charge in [-0.05, 0) is 47.7 Å². The maximum Gasteiger partial charge on any atom is 0.411 e. The lowest BCUT2D eigenvalue weighted by Gasteiger charge is -2.45. The second-order valence-corrected chi connectivity index (χ2v) is 12.0. The Morgan fingerprint density at radius 1 is 0.927 bits per heavy atom. The molecule has 3 heterocycles. The number of hydrogen-bond donors (Lipinski definition) is 3. The van der Waals surface area contributed by atoms with E-state index in [4.69, 9.17) is 9.47 Å². The number of epoxide rings is 1. The van der Waals surface area contributed by atoms with Gasteiger partial charge < -0.3 is 24.4 Å². The van der Waals surface area contributed by atoms with E-state index in [9.17, 15) is 14.7 Å². The number of ether oxygens (including phenoxy) is 2. The predicted octanol–water partition coefficient (Wildman–Crippen LogP) is 5.11. The van der Waals surface area contributed by atoms with Crippen LogP contribution < -0.4 is 10.6 Å². The number of morpholine rings is 1. The van der Waals surface area contributed by atoms with Crippen LogP contribution in [-0.4, -0.2) is 66.1 Å². The van der Waals surface area contributed by atoms with Crippen molar-refractivity contribution in [2.45, 2.75) is 69.1 Å². The Morgan fingerprint density at radius 2 is 1.61 bits per heavy atom. The zero-order valence-electron chi connectivity index (χ0n) is 23.6. The molecule has 3 aromatic carbocycles. The lowest BCUT2D eigenvalue weighted by atomic mass is 9.96. The maximum atomic E-state index is 13.1. The highest BCUT2D eigenvalue weighted by Crippen LogP contribution is 2.51. The summed E-state index contributed by atoms with van der Waals surface area (Å²) in [5.41, 5.74) is 5.18. The summed E-state index contributed by atoms with van der Waals surface area (Å²) < 4.78 is 12.8. The molecule has 5 atom stereocenters. The monoisotopic (exact) mass is 556 g/mol. The fraction of sp³-hybridized carbons (Fsp3) is 0.394. The third-order valence-corrected chi connectivity index (χ3v) is 9.01. The van der Waals surface area contributed by atoms with Gasteiger partial charge >= 0.3 is 6.09 Å². The summed E-state index contributed by atoms with van der Waals surface area (Å²) in [5.74, 6) is -0.0594. The minimum atomic E-state index is -0.433. The van der Waals surface area contributed by atoms with Crippen molar-refractivity contribution in [1.82, 2.24) is 0 Å². The average Bonchev–Trinajstić information content (AvgIpc) is 3.73. The fourth-order valence-electron chi connectivity index (χ4n) is 6.68. The van der Waals surface area contributed by atoms with Gasteiger partial charge in [0.15, 0.2) is 0 Å². The zero-order valence-corrected chi connectivity index (χ0v) is 23.6. The second kappa shape index (κ2) is 11.3. The van der Waals surface area contributed by atoms with Gasteiger partial charge in [0.25, 0.3) is 0 Å². The number of likely N-dealkylation sites (N-methyl/N-ethyl adjacent to an activating group) is 1. The first-order valence-electron chi connectivity index (χ1n) is 14.5. The molecule has 3 aliphatic heterocycles. The Morgan fingerprint density at radius 3 is 2.29 bits per heavy atom. The first-order valence-corrected chi connectivity index (χ1v) is 14.5. The van der Waals surface area contributed by atoms with Crippen LogP contribution in [0, 0.1) is 0 Å². The summed E-state index contributed by atoms with van der Waals surface area (Å²) in [6.45, 7) is -0.0264. The Kier molecular flexibility index (Phi) is 7.55. The van der Waals surface area contributed by atoms with E-state index in [2.05, 4.69) is 30.8 Å². The van der Waals surface area contributed by atoms with E-state index in [0.29, 0.717) is 54.9 Å². The number of amides is 2. The first kappa shape index (κ1) is 27.4. The molecule has 6 rings (SSSR count). The SMILES string of the molecule is C[N+]1(C)[C@@H]2C[C@@H](OC(=O)Nc3cc(CCCC(=O)Nc4ccc(CO)cc4)ccc3-c3ccccc3)C[C@H]1[C@@H]1O[C@@H]12. The number of nitrogens with zero attached hydrogens (tertiary/aromatic N) is 1. The lowest BCUT2D eigenvalue weighted by Crippen LogP contribution is -2.60. The number of nitrogens with one attached hydrogen (secondary N) is 2. The molecular weight excluding hydrogens is 518 g/mol. The quantitative estimate of drug-likeness (QED) is 0.251. The molecule has 0 saturated carbocycles. The summed E-state index contributed by atoms with van der Waals surface area (Å²) in [4.78, 5) is 25.6. The number of carbonyl (C=O) groups excluding carboxylic acids is 2. The number of benzene rings is 3. The summed E-state index contributed by atoms with van der Waals surface area (Å²) in [7, 11) is 4.52. The normalized spacial score (nSPS) is 25.2. The number of quaternary nitrogens is 1. The molecule has 0 spiro atoms. The van der Waals surface area contributed by atoms with Crippen LogP contribution in [0.5, 0.6) is 0 Å². The van der Waals surface area contributed by atoms with Gasteiger partial charge in [-0.3, -0.25) is 10.1 Å². The molecule has 8 nitrogen and oxygen atoms in total. The molecule has 0 aliphatic carbocycles. The smallest absolute Gasteiger partial charge is 0.411 e. The number of hydrogen-bond acceptors (Lipinski definition) is 5. The van der Waals surface area contributed by atoms with Crippen LogP contribution in [0.4, 0.5) is 16.2 Å². The molecule has 3 fully saturated rings. The molecule has 0 unspecified atom stereocenters. The number of rotatable bonds is 9. The van der Waals surface area contributed by atoms with Crippen molar-refractivity contribution < 1.29 is 28.7 Å². The second-order valence-electron chi connectivity index (χ2n) is 12.0. The van der Waals surface area contributed by atoms with Crippen LogP contribution in [0.15, 0.2) is 72.8 Å². The minimum Gasteiger partial charge on any atom is -0.445 e. The molecule has 3 aromatic rings. The predicted molar refractivity (Wildman–Crippen MR) is 157 cm³/mol. The van der Waals surface area contributed by atoms with Gasteiger partial charge in [-0.15, -0.1) is 0 Å². The minimum absolute atomic E-state index is 0.0264. The van der Waals surface area contributed by atoms with Crippen LogP contribution in [-0.2, 0) is 27.3 Å². The number of aryl methyl sites for hydroxylation is 1. The highest BCUT2D eigenvalue weighted by atomic mass is 16.6. The molecule has 3 aliphatic rings. The fourth-order valence-corrected chi connectivity index (χ4v) is 6.68. The largest absolute Gasteiger partial charge is 0.445 e. The molecule has 0 aromatic heterocycles. The Labute approximate surface area is 240 Å². The van der Waals surface area contributed by atoms with Gasteiger partial charge in [0.2, 0.25) is 5.91 Å². The van der Waals surface area contributed by atoms with Gasteiger partial charge in [-0.2, -0.15) is 0 Å². The number of piperidine rings is 1. The number of carbonyl (C=O) groups is 2. The van der Waals surface area contributed by atoms with E-state index in [1.165, 1.54) is 0 Å². The summed E-state index contributed by atoms with van der Waals surface area (Å²) in [6.07, 6.45) is 3.43. The third kappa shape index (κ3) is 5.86. The zero-order chi connectivity index (χ0) is 28.6. The van der Waals surface area contributed by atoms with Gasteiger partial charge in [0.05, 0.1) is 26.4 Å². The van der Waals surface area contributed by atoms with E-state index in [0.717, 1.165) is 39.6 Å². The van der Waals surface area contributed by atoms with Gasteiger partial charge in [0, 0.05) is 30.5 Å². The Bertz CT molecular complexity index is 1390. The first-order chi connectivity index (χ1) is 19.8. The Hall–Kier alpha value is -3.72. The van der Waals surface area contributed by atoms with E-state index in [1.807, 2.05) is 42.5 Å². The highest BCUT2D eigenvalue weighted by molar-refractivity contribution is 5.92. The maximum absolute atomic E-state index is 13.1. The summed E-state index contributed by atoms with van der Waals surface area (Å²) in [5, 5.41) is 15.1. The van der Waals surface area contributed by atoms with Gasteiger partial charge in [0.1, 0.15) is 30.4 Å². The number of anilines is 2. The molecule has 3 saturated heterocycles. The van der Waals surface area contributed by atoms with Crippen molar-refractivity contribution in [1.29, 1.82) is 0 Å². The molecule has 2 amide bonds. The van der Waals surface area contributed by atoms with Gasteiger partial charge in [-0.25, -0.2) is 4.79 Å². The highest BCUT2D eigenvalue weighted by Gasteiger charge is 2.70. The van der Waals surface area contributed by atoms with E-state index < -0.39 is 6.09 Å². The van der Waals surface area contributed by atoms with Crippen LogP contribution in [0.1, 0.15) is 36.8 Å². The number of aliphatic hydroxyl groups excluding tert-OH is 1. The summed E-state index contributed by atoms with van der Waals surface area (Å²) in [6, 6.07) is 23.9. The topological polar surface area (TPSA) is 100 Å². The molecular formula is C33H38N3O5+. The average molecular weight is 557 g/mol. The van der Waals surface area contributed by atoms with Crippen molar-refractivity contribution in [3.63, 3.8) is 0 Å². The van der Waals surface area contributed by atoms with E-state index >= 15 is 0 Å². The van der Waals surface area contributed by atoms with Crippen molar-refractivity contribution in [3.05, 3.63) is 83.9 Å². The molecule has 0 radical (unpaired) electrons. The van der Waals surface area contributed by atoms with Crippen molar-refractivity contribution in [3.8, 4) is 11.1 Å². The van der Waals surface area contributed by atoms with Crippen LogP contribution in [0.25, 0.3) is 11.1 Å². The Balaban J connectivity index is 1.09. The van der Waals surface area contributed by atoms with Crippen molar-refractivity contribution >= 4 is 23.4 Å². The molecule has 8 heteroatoms. The van der Waals surface area contributed by atoms with Crippen LogP contribution in [0.3, 0.4) is 0 Å². The lowest BCUT2D eigenvalue weighted by molar-refractivity contribution is -0.938. The van der Waals surface area contributed by atoms with E-state index in [1.54, 1.807) is 24.3 Å². The number of aliphatic hydroxyl groups is 1. The van der Waals surface area contributed by atoms with E-state index in [-0.39, 0.29) is 18.6 Å². The van der Waals surface area contributed by atoms with Gasteiger partial charge in [-0.1, -0.05) is 54.6 Å². The van der Waals surface area contributed by atoms with Crippen molar-refractivity contribution in [2.24, 2.45) is 0 Å². The molecule has 2 bridgehead atoms. The number of fused-ring (bicyclic) bond motifs is 5. The third-order valence-electron chi connectivity index (χ3n) is 9.01. The molecule has 214 valence electrons. The molecule has 3 N–H and O–H groups in total. The summed E-state index contributed by atoms with van der Waals surface area (Å²) >= 11 is 0. The van der Waals surface area contributed by atoms with Crippen LogP contribution >= 0.6 is 0 Å². The standard InChI is InChI=1S/C33H37N3O5/c1-36(2)28-18-25(19-29(36)32-31(28)41-32)40-33(39)35-27-17-21(13-16-26(27)23-8-4-3-5-9-23)7-6-10-30(38)34-24-14-11-22(20-37)12-15-24/h3-5,8-9,11-17,25,28-29,31-32,37H,6-7,10,18-20H2,1-2H3,(H-,34,35,38,39)/p+1/t25-,28-,29+,31-,32+. The van der Waals surface area contributed by atoms with Crippen molar-refractivity contribution in [2.75, 3.05) is 24.7 Å². The molecule has 41 heavy (non-hydrogen) atoms. The van der Waals surface area contributed by atoms with Crippen LogP contribution in [0.2, 0.25) is 0 Å².